The highest BCUT2D eigenvalue weighted by Gasteiger charge is 2.18. The van der Waals surface area contributed by atoms with Gasteiger partial charge < -0.3 is 4.74 Å². The van der Waals surface area contributed by atoms with Crippen LogP contribution in [0.3, 0.4) is 0 Å². The molecule has 0 atom stereocenters. The summed E-state index contributed by atoms with van der Waals surface area (Å²) in [5, 5.41) is 20.1. The summed E-state index contributed by atoms with van der Waals surface area (Å²) in [7, 11) is 0. The fraction of sp³-hybridized carbons (Fsp3) is 0.125. The van der Waals surface area contributed by atoms with Gasteiger partial charge in [0.25, 0.3) is 5.69 Å². The molecule has 3 aromatic carbocycles. The number of aromatic nitrogens is 3. The second-order valence-corrected chi connectivity index (χ2v) is 8.09. The molecule has 9 heteroatoms. The number of ketones is 1. The van der Waals surface area contributed by atoms with Crippen LogP contribution in [0.5, 0.6) is 5.75 Å². The largest absolute Gasteiger partial charge is 0.485 e. The number of nitrogens with zero attached hydrogens (tertiary/aromatic N) is 4. The van der Waals surface area contributed by atoms with Crippen molar-refractivity contribution in [3.63, 3.8) is 0 Å². The van der Waals surface area contributed by atoms with Crippen molar-refractivity contribution in [1.82, 2.24) is 14.8 Å². The average Bonchev–Trinajstić information content (AvgIpc) is 3.25. The summed E-state index contributed by atoms with van der Waals surface area (Å²) in [6.07, 6.45) is 0. The molecule has 1 heterocycles. The van der Waals surface area contributed by atoms with Crippen LogP contribution in [0.15, 0.2) is 84.0 Å². The number of hydrogen-bond acceptors (Lipinski definition) is 7. The Hall–Kier alpha value is -3.98. The van der Waals surface area contributed by atoms with Crippen LogP contribution < -0.4 is 4.74 Å². The number of aryl methyl sites for hydroxylation is 1. The van der Waals surface area contributed by atoms with E-state index in [0.717, 1.165) is 17.0 Å². The molecule has 4 rings (SSSR count). The third-order valence-electron chi connectivity index (χ3n) is 4.88. The molecule has 0 saturated heterocycles. The Morgan fingerprint density at radius 2 is 1.79 bits per heavy atom. The van der Waals surface area contributed by atoms with Gasteiger partial charge in [0.05, 0.1) is 10.7 Å². The van der Waals surface area contributed by atoms with Gasteiger partial charge in [0.1, 0.15) is 12.4 Å². The van der Waals surface area contributed by atoms with Gasteiger partial charge in [0.2, 0.25) is 0 Å². The molecule has 0 amide bonds. The van der Waals surface area contributed by atoms with Gasteiger partial charge in [0.15, 0.2) is 16.8 Å². The summed E-state index contributed by atoms with van der Waals surface area (Å²) >= 11 is 1.22. The molecule has 0 aliphatic heterocycles. The molecule has 8 nitrogen and oxygen atoms in total. The monoisotopic (exact) mass is 460 g/mol. The number of rotatable bonds is 9. The maximum absolute atomic E-state index is 12.7. The summed E-state index contributed by atoms with van der Waals surface area (Å²) in [5.74, 6) is 1.18. The fourth-order valence-corrected chi connectivity index (χ4v) is 4.06. The molecule has 1 aromatic heterocycles. The third-order valence-corrected chi connectivity index (χ3v) is 5.81. The maximum atomic E-state index is 12.7. The number of non-ortho nitro benzene ring substituents is 1. The highest BCUT2D eigenvalue weighted by atomic mass is 32.2. The standard InChI is InChI=1S/C24H20N4O4S/c1-17-8-5-6-13-22(17)32-15-23-25-26-24(27(23)19-10-3-2-4-11-19)33-16-21(29)18-9-7-12-20(14-18)28(30)31/h2-14H,15-16H2,1H3. The third kappa shape index (κ3) is 5.27. The number of benzene rings is 3. The van der Waals surface area contributed by atoms with Crippen molar-refractivity contribution in [3.05, 3.63) is 106 Å². The molecule has 4 aromatic rings. The van der Waals surface area contributed by atoms with Crippen LogP contribution in [0.25, 0.3) is 5.69 Å². The van der Waals surface area contributed by atoms with Crippen molar-refractivity contribution in [2.45, 2.75) is 18.7 Å². The SMILES string of the molecule is Cc1ccccc1OCc1nnc(SCC(=O)c2cccc([N+](=O)[O-])c2)n1-c1ccccc1. The highest BCUT2D eigenvalue weighted by molar-refractivity contribution is 7.99. The predicted molar refractivity (Wildman–Crippen MR) is 125 cm³/mol. The molecule has 0 aliphatic rings. The molecule has 0 unspecified atom stereocenters. The molecule has 0 fully saturated rings. The van der Waals surface area contributed by atoms with E-state index >= 15 is 0 Å². The van der Waals surface area contributed by atoms with Gasteiger partial charge in [0, 0.05) is 23.4 Å². The van der Waals surface area contributed by atoms with Gasteiger partial charge in [-0.05, 0) is 30.7 Å². The number of carbonyl (C=O) groups is 1. The summed E-state index contributed by atoms with van der Waals surface area (Å²) < 4.78 is 7.82. The number of hydrogen-bond donors (Lipinski definition) is 0. The quantitative estimate of drug-likeness (QED) is 0.149. The molecule has 0 aliphatic carbocycles. The lowest BCUT2D eigenvalue weighted by molar-refractivity contribution is -0.384. The number of carbonyl (C=O) groups excluding carboxylic acids is 1. The fourth-order valence-electron chi connectivity index (χ4n) is 3.19. The second kappa shape index (κ2) is 10.1. The van der Waals surface area contributed by atoms with Crippen LogP contribution in [0.2, 0.25) is 0 Å². The number of nitro groups is 1. The van der Waals surface area contributed by atoms with Crippen LogP contribution in [0.1, 0.15) is 21.7 Å². The minimum Gasteiger partial charge on any atom is -0.485 e. The Kier molecular flexibility index (Phi) is 6.80. The molecule has 33 heavy (non-hydrogen) atoms. The van der Waals surface area contributed by atoms with Gasteiger partial charge >= 0.3 is 0 Å². The van der Waals surface area contributed by atoms with Crippen molar-refractivity contribution in [2.24, 2.45) is 0 Å². The van der Waals surface area contributed by atoms with Crippen molar-refractivity contribution in [3.8, 4) is 11.4 Å². The number of Topliss-reactive ketones (excluding diaryl/α,β-unsaturated/α-hetero) is 1. The lowest BCUT2D eigenvalue weighted by atomic mass is 10.1. The van der Waals surface area contributed by atoms with Crippen LogP contribution in [0, 0.1) is 17.0 Å². The van der Waals surface area contributed by atoms with Crippen LogP contribution >= 0.6 is 11.8 Å². The van der Waals surface area contributed by atoms with E-state index in [1.54, 1.807) is 6.07 Å². The molecule has 0 spiro atoms. The van der Waals surface area contributed by atoms with Gasteiger partial charge in [-0.1, -0.05) is 60.3 Å². The molecule has 0 bridgehead atoms. The van der Waals surface area contributed by atoms with Gasteiger partial charge in [-0.3, -0.25) is 19.5 Å². The summed E-state index contributed by atoms with van der Waals surface area (Å²) in [6, 6.07) is 23.0. The van der Waals surface area contributed by atoms with Gasteiger partial charge in [-0.2, -0.15) is 0 Å². The van der Waals surface area contributed by atoms with E-state index < -0.39 is 4.92 Å². The van der Waals surface area contributed by atoms with Crippen molar-refractivity contribution in [2.75, 3.05) is 5.75 Å². The van der Waals surface area contributed by atoms with Crippen LogP contribution in [-0.2, 0) is 6.61 Å². The first-order chi connectivity index (χ1) is 16.0. The Labute approximate surface area is 194 Å². The Morgan fingerprint density at radius 3 is 2.55 bits per heavy atom. The van der Waals surface area contributed by atoms with Crippen molar-refractivity contribution < 1.29 is 14.5 Å². The molecular formula is C24H20N4O4S. The first-order valence-electron chi connectivity index (χ1n) is 10.1. The van der Waals surface area contributed by atoms with E-state index in [1.807, 2.05) is 66.1 Å². The Balaban J connectivity index is 1.55. The number of para-hydroxylation sites is 2. The molecular weight excluding hydrogens is 440 g/mol. The number of thioether (sulfide) groups is 1. The second-order valence-electron chi connectivity index (χ2n) is 7.14. The van der Waals surface area contributed by atoms with E-state index in [9.17, 15) is 14.9 Å². The van der Waals surface area contributed by atoms with Crippen LogP contribution in [0.4, 0.5) is 5.69 Å². The summed E-state index contributed by atoms with van der Waals surface area (Å²) in [6.45, 7) is 2.17. The molecule has 0 saturated carbocycles. The van der Waals surface area contributed by atoms with E-state index in [-0.39, 0.29) is 29.4 Å². The van der Waals surface area contributed by atoms with Crippen LogP contribution in [-0.4, -0.2) is 31.2 Å². The smallest absolute Gasteiger partial charge is 0.270 e. The topological polar surface area (TPSA) is 100 Å². The van der Waals surface area contributed by atoms with E-state index in [1.165, 1.54) is 30.0 Å². The minimum atomic E-state index is -0.517. The predicted octanol–water partition coefficient (Wildman–Crippen LogP) is 5.04. The summed E-state index contributed by atoms with van der Waals surface area (Å²) in [5.41, 5.74) is 2.02. The normalized spacial score (nSPS) is 10.7. The average molecular weight is 461 g/mol. The lowest BCUT2D eigenvalue weighted by Gasteiger charge is -2.12. The molecule has 0 N–H and O–H groups in total. The first kappa shape index (κ1) is 22.2. The highest BCUT2D eigenvalue weighted by Crippen LogP contribution is 2.25. The first-order valence-corrected chi connectivity index (χ1v) is 11.1. The summed E-state index contributed by atoms with van der Waals surface area (Å²) in [4.78, 5) is 23.2. The number of ether oxygens (including phenoxy) is 1. The van der Waals surface area contributed by atoms with Gasteiger partial charge in [-0.25, -0.2) is 0 Å². The minimum absolute atomic E-state index is 0.0603. The lowest BCUT2D eigenvalue weighted by Crippen LogP contribution is -2.08. The maximum Gasteiger partial charge on any atom is 0.270 e. The van der Waals surface area contributed by atoms with E-state index in [4.69, 9.17) is 4.74 Å². The van der Waals surface area contributed by atoms with Crippen molar-refractivity contribution in [1.29, 1.82) is 0 Å². The Bertz CT molecular complexity index is 1290. The van der Waals surface area contributed by atoms with Crippen molar-refractivity contribution >= 4 is 23.2 Å². The number of nitro benzene ring substituents is 1. The Morgan fingerprint density at radius 1 is 1.03 bits per heavy atom. The zero-order valence-electron chi connectivity index (χ0n) is 17.7. The van der Waals surface area contributed by atoms with Gasteiger partial charge in [-0.15, -0.1) is 10.2 Å². The molecule has 166 valence electrons. The van der Waals surface area contributed by atoms with E-state index in [2.05, 4.69) is 10.2 Å². The zero-order chi connectivity index (χ0) is 23.2. The zero-order valence-corrected chi connectivity index (χ0v) is 18.6. The molecule has 0 radical (unpaired) electrons. The van der Waals surface area contributed by atoms with E-state index in [0.29, 0.717) is 11.0 Å².